The number of fused-ring (bicyclic) bond motifs is 3. The Bertz CT molecular complexity index is 1030. The highest BCUT2D eigenvalue weighted by Crippen LogP contribution is 2.28. The quantitative estimate of drug-likeness (QED) is 0.477. The summed E-state index contributed by atoms with van der Waals surface area (Å²) in [5, 5.41) is 12.1. The van der Waals surface area contributed by atoms with Crippen molar-refractivity contribution in [1.82, 2.24) is 9.88 Å². The Morgan fingerprint density at radius 1 is 1.16 bits per heavy atom. The number of rotatable bonds is 5. The van der Waals surface area contributed by atoms with E-state index < -0.39 is 12.1 Å². The van der Waals surface area contributed by atoms with E-state index in [4.69, 9.17) is 14.6 Å². The molecule has 0 unspecified atom stereocenters. The number of para-hydroxylation sites is 1. The zero-order valence-electron chi connectivity index (χ0n) is 16.6. The summed E-state index contributed by atoms with van der Waals surface area (Å²) in [7, 11) is 0. The zero-order valence-corrected chi connectivity index (χ0v) is 18.2. The lowest BCUT2D eigenvalue weighted by Gasteiger charge is -2.17. The number of alkyl halides is 3. The van der Waals surface area contributed by atoms with Gasteiger partial charge in [0.15, 0.2) is 0 Å². The first kappa shape index (κ1) is 23.1. The molecule has 0 spiro atoms. The van der Waals surface area contributed by atoms with E-state index in [1.54, 1.807) is 0 Å². The maximum Gasteiger partial charge on any atom is 0.490 e. The maximum absolute atomic E-state index is 10.6. The summed E-state index contributed by atoms with van der Waals surface area (Å²) in [6.45, 7) is 3.77. The van der Waals surface area contributed by atoms with Crippen LogP contribution in [0.25, 0.3) is 10.9 Å². The van der Waals surface area contributed by atoms with Crippen LogP contribution in [0.4, 0.5) is 13.2 Å². The molecule has 0 aliphatic carbocycles. The molecule has 0 saturated carbocycles. The summed E-state index contributed by atoms with van der Waals surface area (Å²) in [6.07, 6.45) is -2.96. The SMILES string of the molecule is Brc1ccc(OCCCn2c3c(c4ccccc42)CCNC3)cc1.O=C(O)C(F)(F)F. The highest BCUT2D eigenvalue weighted by molar-refractivity contribution is 9.10. The number of aromatic nitrogens is 1. The number of halogens is 4. The predicted molar refractivity (Wildman–Crippen MR) is 115 cm³/mol. The van der Waals surface area contributed by atoms with Crippen molar-refractivity contribution in [3.63, 3.8) is 0 Å². The van der Waals surface area contributed by atoms with Crippen LogP contribution in [0.15, 0.2) is 53.0 Å². The average Bonchev–Trinajstić information content (AvgIpc) is 3.06. The summed E-state index contributed by atoms with van der Waals surface area (Å²) in [4.78, 5) is 8.90. The van der Waals surface area contributed by atoms with E-state index >= 15 is 0 Å². The van der Waals surface area contributed by atoms with Crippen LogP contribution >= 0.6 is 15.9 Å². The van der Waals surface area contributed by atoms with Gasteiger partial charge in [-0.3, -0.25) is 0 Å². The zero-order chi connectivity index (χ0) is 22.4. The van der Waals surface area contributed by atoms with Crippen LogP contribution in [0.1, 0.15) is 17.7 Å². The summed E-state index contributed by atoms with van der Waals surface area (Å²) in [5.41, 5.74) is 4.33. The van der Waals surface area contributed by atoms with Crippen molar-refractivity contribution in [3.05, 3.63) is 64.3 Å². The minimum absolute atomic E-state index is 0.732. The van der Waals surface area contributed by atoms with Gasteiger partial charge in [0.25, 0.3) is 0 Å². The number of benzene rings is 2. The number of carboxylic acid groups (broad SMARTS) is 1. The summed E-state index contributed by atoms with van der Waals surface area (Å²) < 4.78 is 41.2. The number of ether oxygens (including phenoxy) is 1. The van der Waals surface area contributed by atoms with E-state index in [1.165, 1.54) is 22.2 Å². The summed E-state index contributed by atoms with van der Waals surface area (Å²) in [5.74, 6) is -1.83. The molecular weight excluding hydrogens is 477 g/mol. The molecule has 1 aromatic heterocycles. The molecule has 2 aromatic carbocycles. The van der Waals surface area contributed by atoms with Crippen LogP contribution in [0.2, 0.25) is 0 Å². The number of aliphatic carboxylic acids is 1. The minimum atomic E-state index is -5.08. The van der Waals surface area contributed by atoms with Crippen molar-refractivity contribution in [2.24, 2.45) is 0 Å². The van der Waals surface area contributed by atoms with Gasteiger partial charge < -0.3 is 19.7 Å². The molecule has 2 N–H and O–H groups in total. The predicted octanol–water partition coefficient (Wildman–Crippen LogP) is 5.15. The second-order valence-corrected chi connectivity index (χ2v) is 7.90. The van der Waals surface area contributed by atoms with Gasteiger partial charge in [0, 0.05) is 34.2 Å². The van der Waals surface area contributed by atoms with Crippen molar-refractivity contribution >= 4 is 32.8 Å². The fourth-order valence-electron chi connectivity index (χ4n) is 3.53. The van der Waals surface area contributed by atoms with E-state index in [0.29, 0.717) is 0 Å². The Morgan fingerprint density at radius 3 is 2.52 bits per heavy atom. The number of aryl methyl sites for hydroxylation is 1. The van der Waals surface area contributed by atoms with Gasteiger partial charge >= 0.3 is 12.1 Å². The van der Waals surface area contributed by atoms with Gasteiger partial charge in [0.1, 0.15) is 5.75 Å². The normalized spacial score (nSPS) is 13.3. The van der Waals surface area contributed by atoms with Crippen LogP contribution in [0.5, 0.6) is 5.75 Å². The Kier molecular flexibility index (Phi) is 7.61. The topological polar surface area (TPSA) is 63.5 Å². The number of carbonyl (C=O) groups is 1. The molecule has 2 heterocycles. The van der Waals surface area contributed by atoms with Crippen molar-refractivity contribution in [2.45, 2.75) is 32.1 Å². The molecule has 0 bridgehead atoms. The van der Waals surface area contributed by atoms with Crippen molar-refractivity contribution in [1.29, 1.82) is 0 Å². The molecular formula is C22H22BrF3N2O3. The molecule has 0 fully saturated rings. The van der Waals surface area contributed by atoms with E-state index in [9.17, 15) is 13.2 Å². The Balaban J connectivity index is 0.000000339. The highest BCUT2D eigenvalue weighted by Gasteiger charge is 2.38. The molecule has 0 radical (unpaired) electrons. The third-order valence-corrected chi connectivity index (χ3v) is 5.42. The van der Waals surface area contributed by atoms with Crippen LogP contribution in [-0.4, -0.2) is 35.0 Å². The first-order valence-corrected chi connectivity index (χ1v) is 10.5. The monoisotopic (exact) mass is 498 g/mol. The third kappa shape index (κ3) is 6.01. The van der Waals surface area contributed by atoms with Crippen LogP contribution in [0.3, 0.4) is 0 Å². The second kappa shape index (κ2) is 10.2. The fourth-order valence-corrected chi connectivity index (χ4v) is 3.79. The van der Waals surface area contributed by atoms with Gasteiger partial charge in [0.2, 0.25) is 0 Å². The summed E-state index contributed by atoms with van der Waals surface area (Å²) >= 11 is 3.45. The van der Waals surface area contributed by atoms with E-state index in [1.807, 2.05) is 24.3 Å². The van der Waals surface area contributed by atoms with Gasteiger partial charge in [-0.15, -0.1) is 0 Å². The lowest BCUT2D eigenvalue weighted by Crippen LogP contribution is -2.25. The van der Waals surface area contributed by atoms with Crippen LogP contribution in [-0.2, 0) is 24.3 Å². The number of nitrogens with zero attached hydrogens (tertiary/aromatic N) is 1. The maximum atomic E-state index is 10.6. The van der Waals surface area contributed by atoms with Gasteiger partial charge in [0.05, 0.1) is 6.61 Å². The largest absolute Gasteiger partial charge is 0.494 e. The first-order valence-electron chi connectivity index (χ1n) is 9.75. The molecule has 31 heavy (non-hydrogen) atoms. The molecule has 5 nitrogen and oxygen atoms in total. The van der Waals surface area contributed by atoms with E-state index in [2.05, 4.69) is 50.1 Å². The second-order valence-electron chi connectivity index (χ2n) is 6.98. The lowest BCUT2D eigenvalue weighted by molar-refractivity contribution is -0.192. The molecule has 0 atom stereocenters. The molecule has 4 rings (SSSR count). The molecule has 166 valence electrons. The van der Waals surface area contributed by atoms with Crippen molar-refractivity contribution in [2.75, 3.05) is 13.2 Å². The Morgan fingerprint density at radius 2 is 1.84 bits per heavy atom. The van der Waals surface area contributed by atoms with Crippen LogP contribution < -0.4 is 10.1 Å². The smallest absolute Gasteiger partial charge is 0.490 e. The molecule has 1 aliphatic heterocycles. The van der Waals surface area contributed by atoms with Crippen LogP contribution in [0, 0.1) is 0 Å². The van der Waals surface area contributed by atoms with Gasteiger partial charge in [-0.05, 0) is 55.3 Å². The molecule has 0 amide bonds. The summed E-state index contributed by atoms with van der Waals surface area (Å²) in [6, 6.07) is 16.8. The number of carboxylic acids is 1. The Hall–Kier alpha value is -2.52. The van der Waals surface area contributed by atoms with Crippen molar-refractivity contribution in [3.8, 4) is 5.75 Å². The molecule has 0 saturated heterocycles. The number of hydrogen-bond donors (Lipinski definition) is 2. The van der Waals surface area contributed by atoms with E-state index in [0.717, 1.165) is 49.3 Å². The lowest BCUT2D eigenvalue weighted by atomic mass is 10.1. The average molecular weight is 499 g/mol. The third-order valence-electron chi connectivity index (χ3n) is 4.89. The van der Waals surface area contributed by atoms with Gasteiger partial charge in [-0.1, -0.05) is 34.1 Å². The molecule has 9 heteroatoms. The number of hydrogen-bond acceptors (Lipinski definition) is 3. The highest BCUT2D eigenvalue weighted by atomic mass is 79.9. The number of nitrogens with one attached hydrogen (secondary N) is 1. The van der Waals surface area contributed by atoms with Gasteiger partial charge in [-0.2, -0.15) is 13.2 Å². The first-order chi connectivity index (χ1) is 14.8. The standard InChI is InChI=1S/C20H21BrN2O.C2HF3O2/c21-15-6-8-16(9-7-15)24-13-3-12-23-19-5-2-1-4-17(19)18-10-11-22-14-20(18)23;3-2(4,5)1(6)7/h1-2,4-9,22H,3,10-14H2;(H,6,7). The fraction of sp³-hybridized carbons (Fsp3) is 0.318. The molecule has 3 aromatic rings. The van der Waals surface area contributed by atoms with Gasteiger partial charge in [-0.25, -0.2) is 4.79 Å². The Labute approximate surface area is 185 Å². The molecule has 1 aliphatic rings. The van der Waals surface area contributed by atoms with Crippen molar-refractivity contribution < 1.29 is 27.8 Å². The minimum Gasteiger partial charge on any atom is -0.494 e. The van der Waals surface area contributed by atoms with E-state index in [-0.39, 0.29) is 0 Å².